The van der Waals surface area contributed by atoms with E-state index >= 15 is 0 Å². The van der Waals surface area contributed by atoms with Crippen LogP contribution in [-0.2, 0) is 4.74 Å². The van der Waals surface area contributed by atoms with Gasteiger partial charge < -0.3 is 15.0 Å². The van der Waals surface area contributed by atoms with Gasteiger partial charge in [0.1, 0.15) is 24.1 Å². The summed E-state index contributed by atoms with van der Waals surface area (Å²) in [6, 6.07) is 1.09. The average molecular weight is 298 g/mol. The highest BCUT2D eigenvalue weighted by atomic mass is 35.5. The van der Waals surface area contributed by atoms with E-state index in [9.17, 15) is 4.79 Å². The number of fused-ring (bicyclic) bond motifs is 2. The van der Waals surface area contributed by atoms with Crippen molar-refractivity contribution < 1.29 is 9.53 Å². The maximum absolute atomic E-state index is 11.4. The third kappa shape index (κ3) is 1.97. The number of nitrogens with one attached hydrogen (secondary N) is 2. The number of hydrogen-bond acceptors (Lipinski definition) is 6. The first kappa shape index (κ1) is 13.4. The zero-order valence-corrected chi connectivity index (χ0v) is 11.8. The maximum Gasteiger partial charge on any atom is 0.413 e. The molecule has 1 saturated heterocycles. The van der Waals surface area contributed by atoms with Crippen molar-refractivity contribution in [2.24, 2.45) is 0 Å². The molecule has 108 valence electrons. The van der Waals surface area contributed by atoms with Crippen molar-refractivity contribution in [3.63, 3.8) is 0 Å². The largest absolute Gasteiger partial charge is 0.441 e. The lowest BCUT2D eigenvalue weighted by Gasteiger charge is -2.32. The summed E-state index contributed by atoms with van der Waals surface area (Å²) in [5, 5.41) is 6.11. The molecule has 0 spiro atoms. The van der Waals surface area contributed by atoms with Gasteiger partial charge >= 0.3 is 6.09 Å². The smallest absolute Gasteiger partial charge is 0.413 e. The fourth-order valence-corrected chi connectivity index (χ4v) is 2.98. The van der Waals surface area contributed by atoms with E-state index < -0.39 is 6.09 Å². The molecule has 8 heteroatoms. The first-order chi connectivity index (χ1) is 9.24. The summed E-state index contributed by atoms with van der Waals surface area (Å²) in [5.74, 6) is 1.47. The number of carbonyl (C=O) groups excluding carboxylic acids is 1. The Hall–Kier alpha value is -1.60. The lowest BCUT2D eigenvalue weighted by atomic mass is 10.1. The van der Waals surface area contributed by atoms with Crippen LogP contribution in [0.3, 0.4) is 0 Å². The van der Waals surface area contributed by atoms with Gasteiger partial charge in [0.25, 0.3) is 0 Å². The maximum atomic E-state index is 11.4. The topological polar surface area (TPSA) is 79.4 Å². The second-order valence-corrected chi connectivity index (χ2v) is 5.19. The molecule has 3 heterocycles. The Morgan fingerprint density at radius 2 is 2.30 bits per heavy atom. The number of aromatic nitrogens is 2. The number of halogens is 1. The molecule has 4 rings (SSSR count). The van der Waals surface area contributed by atoms with Gasteiger partial charge in [-0.05, 0) is 13.3 Å². The van der Waals surface area contributed by atoms with Gasteiger partial charge in [0.05, 0.1) is 5.56 Å². The quantitative estimate of drug-likeness (QED) is 0.807. The van der Waals surface area contributed by atoms with Crippen molar-refractivity contribution in [2.45, 2.75) is 31.5 Å². The van der Waals surface area contributed by atoms with E-state index in [1.807, 2.05) is 6.92 Å². The number of cyclic esters (lactones) is 1. The Labute approximate surface area is 122 Å². The molecule has 2 N–H and O–H groups in total. The van der Waals surface area contributed by atoms with Gasteiger partial charge in [0.15, 0.2) is 0 Å². The molecule has 1 aliphatic carbocycles. The highest BCUT2D eigenvalue weighted by Crippen LogP contribution is 2.40. The minimum atomic E-state index is -0.450. The normalized spacial score (nSPS) is 30.4. The number of rotatable bonds is 1. The second kappa shape index (κ2) is 4.75. The molecule has 1 aromatic heterocycles. The van der Waals surface area contributed by atoms with E-state index in [1.54, 1.807) is 0 Å². The number of ether oxygens (including phenoxy) is 1. The summed E-state index contributed by atoms with van der Waals surface area (Å²) in [6.07, 6.45) is 1.90. The summed E-state index contributed by atoms with van der Waals surface area (Å²) in [6.45, 7) is 3.74. The first-order valence-electron chi connectivity index (χ1n) is 6.56. The molecule has 3 atom stereocenters. The fraction of sp³-hybridized carbons (Fsp3) is 0.583. The van der Waals surface area contributed by atoms with Gasteiger partial charge in [-0.3, -0.25) is 5.32 Å². The third-order valence-corrected chi connectivity index (χ3v) is 3.96. The highest BCUT2D eigenvalue weighted by Gasteiger charge is 2.46. The molecule has 0 aromatic carbocycles. The summed E-state index contributed by atoms with van der Waals surface area (Å²) in [4.78, 5) is 22.3. The molecule has 0 radical (unpaired) electrons. The number of piperazine rings is 1. The molecule has 3 aliphatic rings. The van der Waals surface area contributed by atoms with Crippen LogP contribution in [0.25, 0.3) is 0 Å². The van der Waals surface area contributed by atoms with Gasteiger partial charge in [0, 0.05) is 25.2 Å². The van der Waals surface area contributed by atoms with Crippen LogP contribution in [0.2, 0.25) is 0 Å². The van der Waals surface area contributed by atoms with Crippen molar-refractivity contribution in [3.05, 3.63) is 11.9 Å². The summed E-state index contributed by atoms with van der Waals surface area (Å²) >= 11 is 0. The number of nitrogens with zero attached hydrogens (tertiary/aromatic N) is 3. The molecule has 1 aromatic rings. The SMILES string of the molecule is C[C@@H]1OC(=O)Nc2ncnc(N3CCNC4CC43)c21.Cl. The monoisotopic (exact) mass is 297 g/mol. The average Bonchev–Trinajstić information content (AvgIpc) is 3.16. The van der Waals surface area contributed by atoms with Crippen LogP contribution in [0.4, 0.5) is 16.4 Å². The Balaban J connectivity index is 0.00000121. The summed E-state index contributed by atoms with van der Waals surface area (Å²) < 4.78 is 5.22. The van der Waals surface area contributed by atoms with Crippen LogP contribution in [0.15, 0.2) is 6.33 Å². The number of amides is 1. The van der Waals surface area contributed by atoms with Crippen LogP contribution in [-0.4, -0.2) is 41.2 Å². The molecule has 2 aliphatic heterocycles. The molecule has 2 fully saturated rings. The van der Waals surface area contributed by atoms with E-state index in [0.29, 0.717) is 17.9 Å². The van der Waals surface area contributed by atoms with Crippen LogP contribution >= 0.6 is 12.4 Å². The van der Waals surface area contributed by atoms with Crippen LogP contribution < -0.4 is 15.5 Å². The molecule has 1 saturated carbocycles. The number of anilines is 2. The summed E-state index contributed by atoms with van der Waals surface area (Å²) in [7, 11) is 0. The van der Waals surface area contributed by atoms with E-state index in [1.165, 1.54) is 6.33 Å². The Bertz CT molecular complexity index is 555. The Kier molecular flexibility index (Phi) is 3.18. The van der Waals surface area contributed by atoms with Crippen molar-refractivity contribution in [2.75, 3.05) is 23.3 Å². The van der Waals surface area contributed by atoms with Gasteiger partial charge in [-0.2, -0.15) is 0 Å². The molecule has 7 nitrogen and oxygen atoms in total. The van der Waals surface area contributed by atoms with Crippen molar-refractivity contribution in [3.8, 4) is 0 Å². The standard InChI is InChI=1S/C12H15N5O2.ClH/c1-6-9-10(16-12(18)19-6)14-5-15-11(9)17-3-2-13-7-4-8(7)17;/h5-8,13H,2-4H2,1H3,(H,14,15,16,18);1H/t6-,7?,8?;/m0./s1. The molecule has 2 unspecified atom stereocenters. The van der Waals surface area contributed by atoms with Gasteiger partial charge in [-0.1, -0.05) is 0 Å². The van der Waals surface area contributed by atoms with E-state index in [2.05, 4.69) is 25.5 Å². The predicted octanol–water partition coefficient (Wildman–Crippen LogP) is 1.07. The Morgan fingerprint density at radius 3 is 3.15 bits per heavy atom. The molecule has 20 heavy (non-hydrogen) atoms. The van der Waals surface area contributed by atoms with Crippen LogP contribution in [0, 0.1) is 0 Å². The van der Waals surface area contributed by atoms with Crippen molar-refractivity contribution in [1.29, 1.82) is 0 Å². The van der Waals surface area contributed by atoms with E-state index in [0.717, 1.165) is 30.9 Å². The Morgan fingerprint density at radius 1 is 1.45 bits per heavy atom. The van der Waals surface area contributed by atoms with Crippen molar-refractivity contribution in [1.82, 2.24) is 15.3 Å². The lowest BCUT2D eigenvalue weighted by molar-refractivity contribution is 0.116. The third-order valence-electron chi connectivity index (χ3n) is 3.96. The lowest BCUT2D eigenvalue weighted by Crippen LogP contribution is -2.44. The van der Waals surface area contributed by atoms with Crippen LogP contribution in [0.1, 0.15) is 25.0 Å². The van der Waals surface area contributed by atoms with Gasteiger partial charge in [-0.15, -0.1) is 12.4 Å². The number of hydrogen-bond donors (Lipinski definition) is 2. The predicted molar refractivity (Wildman–Crippen MR) is 75.3 cm³/mol. The van der Waals surface area contributed by atoms with Crippen LogP contribution in [0.5, 0.6) is 0 Å². The zero-order valence-electron chi connectivity index (χ0n) is 11.0. The number of carbonyl (C=O) groups is 1. The second-order valence-electron chi connectivity index (χ2n) is 5.19. The minimum Gasteiger partial charge on any atom is -0.441 e. The van der Waals surface area contributed by atoms with Gasteiger partial charge in [-0.25, -0.2) is 14.8 Å². The van der Waals surface area contributed by atoms with E-state index in [4.69, 9.17) is 4.74 Å². The minimum absolute atomic E-state index is 0. The molecular formula is C12H16ClN5O2. The van der Waals surface area contributed by atoms with Crippen molar-refractivity contribution >= 4 is 30.1 Å². The zero-order chi connectivity index (χ0) is 13.0. The first-order valence-corrected chi connectivity index (χ1v) is 6.56. The fourth-order valence-electron chi connectivity index (χ4n) is 2.98. The molecular weight excluding hydrogens is 282 g/mol. The summed E-state index contributed by atoms with van der Waals surface area (Å²) in [5.41, 5.74) is 0.884. The highest BCUT2D eigenvalue weighted by molar-refractivity contribution is 5.88. The molecule has 0 bridgehead atoms. The van der Waals surface area contributed by atoms with E-state index in [-0.39, 0.29) is 18.5 Å². The molecule has 1 amide bonds. The van der Waals surface area contributed by atoms with Gasteiger partial charge in [0.2, 0.25) is 0 Å².